The van der Waals surface area contributed by atoms with E-state index in [1.165, 1.54) is 23.9 Å². The van der Waals surface area contributed by atoms with Crippen LogP contribution in [0.5, 0.6) is 5.88 Å². The van der Waals surface area contributed by atoms with Crippen LogP contribution in [-0.2, 0) is 0 Å². The van der Waals surface area contributed by atoms with Crippen LogP contribution >= 0.6 is 0 Å². The number of amides is 1. The molecular weight excluding hydrogens is 347 g/mol. The first-order valence-electron chi connectivity index (χ1n) is 8.18. The van der Waals surface area contributed by atoms with Gasteiger partial charge in [-0.1, -0.05) is 12.1 Å². The van der Waals surface area contributed by atoms with E-state index < -0.39 is 18.7 Å². The first-order chi connectivity index (χ1) is 12.4. The Morgan fingerprint density at radius 1 is 1.23 bits per heavy atom. The van der Waals surface area contributed by atoms with E-state index in [1.807, 2.05) is 24.3 Å². The summed E-state index contributed by atoms with van der Waals surface area (Å²) in [6.45, 7) is 0.549. The van der Waals surface area contributed by atoms with Crippen LogP contribution in [0.15, 0.2) is 42.6 Å². The lowest BCUT2D eigenvalue weighted by atomic mass is 9.98. The van der Waals surface area contributed by atoms with Gasteiger partial charge in [-0.25, -0.2) is 4.98 Å². The van der Waals surface area contributed by atoms with Gasteiger partial charge in [-0.3, -0.25) is 4.79 Å². The van der Waals surface area contributed by atoms with Gasteiger partial charge < -0.3 is 15.4 Å². The molecule has 1 amide bonds. The Kier molecular flexibility index (Phi) is 5.41. The van der Waals surface area contributed by atoms with Crippen molar-refractivity contribution < 1.29 is 22.7 Å². The van der Waals surface area contributed by atoms with Crippen molar-refractivity contribution in [2.24, 2.45) is 0 Å². The number of pyridine rings is 1. The number of rotatable bonds is 5. The molecule has 0 spiro atoms. The smallest absolute Gasteiger partial charge is 0.422 e. The highest BCUT2D eigenvalue weighted by molar-refractivity contribution is 6.04. The molecule has 0 aliphatic carbocycles. The zero-order chi connectivity index (χ0) is 18.6. The van der Waals surface area contributed by atoms with E-state index in [0.717, 1.165) is 19.5 Å². The molecule has 2 heterocycles. The average Bonchev–Trinajstić information content (AvgIpc) is 3.15. The van der Waals surface area contributed by atoms with Crippen LogP contribution in [0.2, 0.25) is 0 Å². The van der Waals surface area contributed by atoms with E-state index in [1.54, 1.807) is 0 Å². The molecule has 1 fully saturated rings. The van der Waals surface area contributed by atoms with Crippen LogP contribution in [0, 0.1) is 0 Å². The third-order valence-electron chi connectivity index (χ3n) is 4.08. The molecule has 3 rings (SSSR count). The lowest BCUT2D eigenvalue weighted by molar-refractivity contribution is -0.154. The van der Waals surface area contributed by atoms with Crippen LogP contribution < -0.4 is 15.4 Å². The maximum Gasteiger partial charge on any atom is 0.422 e. The second kappa shape index (κ2) is 7.74. The number of alkyl halides is 3. The molecule has 0 saturated carbocycles. The third-order valence-corrected chi connectivity index (χ3v) is 4.08. The van der Waals surface area contributed by atoms with Gasteiger partial charge in [0.15, 0.2) is 6.61 Å². The van der Waals surface area contributed by atoms with Crippen molar-refractivity contribution in [3.63, 3.8) is 0 Å². The molecule has 2 N–H and O–H groups in total. The topological polar surface area (TPSA) is 63.2 Å². The fraction of sp³-hybridized carbons (Fsp3) is 0.333. The van der Waals surface area contributed by atoms with Crippen molar-refractivity contribution in [1.82, 2.24) is 10.3 Å². The number of hydrogen-bond acceptors (Lipinski definition) is 4. The molecule has 138 valence electrons. The van der Waals surface area contributed by atoms with Gasteiger partial charge >= 0.3 is 6.18 Å². The zero-order valence-corrected chi connectivity index (χ0v) is 13.8. The van der Waals surface area contributed by atoms with Gasteiger partial charge in [0.1, 0.15) is 0 Å². The first kappa shape index (κ1) is 18.2. The second-order valence-corrected chi connectivity index (χ2v) is 6.05. The minimum atomic E-state index is -4.43. The molecule has 8 heteroatoms. The number of carbonyl (C=O) groups is 1. The van der Waals surface area contributed by atoms with Gasteiger partial charge in [-0.15, -0.1) is 0 Å². The van der Waals surface area contributed by atoms with Gasteiger partial charge in [-0.05, 0) is 42.6 Å². The fourth-order valence-electron chi connectivity index (χ4n) is 2.74. The Bertz CT molecular complexity index is 740. The maximum absolute atomic E-state index is 12.2. The van der Waals surface area contributed by atoms with Gasteiger partial charge in [0, 0.05) is 24.5 Å². The minimum absolute atomic E-state index is 0.187. The van der Waals surface area contributed by atoms with E-state index in [-0.39, 0.29) is 11.4 Å². The normalized spacial score (nSPS) is 17.1. The number of hydrogen-bond donors (Lipinski definition) is 2. The quantitative estimate of drug-likeness (QED) is 0.853. The molecule has 1 aliphatic heterocycles. The predicted molar refractivity (Wildman–Crippen MR) is 90.4 cm³/mol. The molecule has 1 aromatic carbocycles. The highest BCUT2D eigenvalue weighted by Crippen LogP contribution is 2.24. The largest absolute Gasteiger partial charge is 0.468 e. The standard InChI is InChI=1S/C18H18F3N3O2/c19-18(20,21)11-26-16-6-3-14(10-23-16)17(25)24-15-4-1-12(2-5-15)13-7-8-22-9-13/h1-6,10,13,22H,7-9,11H2,(H,24,25)/t13-/m1/s1. The van der Waals surface area contributed by atoms with E-state index in [9.17, 15) is 18.0 Å². The average molecular weight is 365 g/mol. The molecule has 0 radical (unpaired) electrons. The molecule has 0 unspecified atom stereocenters. The highest BCUT2D eigenvalue weighted by Gasteiger charge is 2.28. The molecule has 1 saturated heterocycles. The van der Waals surface area contributed by atoms with Crippen molar-refractivity contribution in [3.8, 4) is 5.88 Å². The van der Waals surface area contributed by atoms with E-state index in [2.05, 4.69) is 20.4 Å². The fourth-order valence-corrected chi connectivity index (χ4v) is 2.74. The van der Waals surface area contributed by atoms with Crippen molar-refractivity contribution in [1.29, 1.82) is 0 Å². The third kappa shape index (κ3) is 4.95. The lowest BCUT2D eigenvalue weighted by Crippen LogP contribution is -2.19. The number of nitrogens with one attached hydrogen (secondary N) is 2. The second-order valence-electron chi connectivity index (χ2n) is 6.05. The molecule has 1 aromatic heterocycles. The summed E-state index contributed by atoms with van der Waals surface area (Å²) in [4.78, 5) is 15.9. The van der Waals surface area contributed by atoms with Crippen molar-refractivity contribution >= 4 is 11.6 Å². The molecule has 0 bridgehead atoms. The predicted octanol–water partition coefficient (Wildman–Crippen LogP) is 3.35. The van der Waals surface area contributed by atoms with Crippen LogP contribution in [0.25, 0.3) is 0 Å². The summed E-state index contributed by atoms with van der Waals surface area (Å²) >= 11 is 0. The summed E-state index contributed by atoms with van der Waals surface area (Å²) in [5.41, 5.74) is 2.09. The molecule has 1 atom stereocenters. The van der Waals surface area contributed by atoms with Crippen LogP contribution in [0.4, 0.5) is 18.9 Å². The summed E-state index contributed by atoms with van der Waals surface area (Å²) in [6, 6.07) is 10.2. The zero-order valence-electron chi connectivity index (χ0n) is 13.8. The van der Waals surface area contributed by atoms with E-state index >= 15 is 0 Å². The Morgan fingerprint density at radius 2 is 2.00 bits per heavy atom. The van der Waals surface area contributed by atoms with Crippen LogP contribution in [0.3, 0.4) is 0 Å². The first-order valence-corrected chi connectivity index (χ1v) is 8.18. The van der Waals surface area contributed by atoms with Gasteiger partial charge in [0.25, 0.3) is 5.91 Å². The van der Waals surface area contributed by atoms with Gasteiger partial charge in [0.05, 0.1) is 5.56 Å². The molecule has 2 aromatic rings. The summed E-state index contributed by atoms with van der Waals surface area (Å²) < 4.78 is 40.8. The van der Waals surface area contributed by atoms with Crippen molar-refractivity contribution in [3.05, 3.63) is 53.7 Å². The summed E-state index contributed by atoms with van der Waals surface area (Å²) in [7, 11) is 0. The maximum atomic E-state index is 12.2. The molecule has 1 aliphatic rings. The molecular formula is C18H18F3N3O2. The van der Waals surface area contributed by atoms with Crippen molar-refractivity contribution in [2.45, 2.75) is 18.5 Å². The Labute approximate surface area is 148 Å². The summed E-state index contributed by atoms with van der Waals surface area (Å²) in [6.07, 6.45) is -2.15. The SMILES string of the molecule is O=C(Nc1ccc([C@@H]2CCNC2)cc1)c1ccc(OCC(F)(F)F)nc1. The minimum Gasteiger partial charge on any atom is -0.468 e. The monoisotopic (exact) mass is 365 g/mol. The number of nitrogens with zero attached hydrogens (tertiary/aromatic N) is 1. The van der Waals surface area contributed by atoms with Gasteiger partial charge in [-0.2, -0.15) is 13.2 Å². The van der Waals surface area contributed by atoms with E-state index in [4.69, 9.17) is 0 Å². The number of halogens is 3. The van der Waals surface area contributed by atoms with Crippen molar-refractivity contribution in [2.75, 3.05) is 25.0 Å². The molecule has 26 heavy (non-hydrogen) atoms. The number of aromatic nitrogens is 1. The van der Waals surface area contributed by atoms with Gasteiger partial charge in [0.2, 0.25) is 5.88 Å². The lowest BCUT2D eigenvalue weighted by Gasteiger charge is -2.11. The number of carbonyl (C=O) groups excluding carboxylic acids is 1. The Morgan fingerprint density at radius 3 is 2.58 bits per heavy atom. The Balaban J connectivity index is 1.57. The number of anilines is 1. The van der Waals surface area contributed by atoms with Crippen LogP contribution in [0.1, 0.15) is 28.3 Å². The van der Waals surface area contributed by atoms with Crippen LogP contribution in [-0.4, -0.2) is 36.8 Å². The highest BCUT2D eigenvalue weighted by atomic mass is 19.4. The Hall–Kier alpha value is -2.61. The number of ether oxygens (including phenoxy) is 1. The summed E-state index contributed by atoms with van der Waals surface area (Å²) in [5.74, 6) is -0.0863. The number of benzene rings is 1. The van der Waals surface area contributed by atoms with E-state index in [0.29, 0.717) is 11.6 Å². The summed E-state index contributed by atoms with van der Waals surface area (Å²) in [5, 5.41) is 6.05. The molecule has 5 nitrogen and oxygen atoms in total.